The fraction of sp³-hybridized carbons (Fsp3) is 0.562. The van der Waals surface area contributed by atoms with Crippen molar-refractivity contribution in [2.45, 2.75) is 38.3 Å². The molecule has 0 aliphatic carbocycles. The van der Waals surface area contributed by atoms with E-state index in [0.717, 1.165) is 31.6 Å². The second-order valence-electron chi connectivity index (χ2n) is 5.77. The number of aliphatic hydroxyl groups is 1. The summed E-state index contributed by atoms with van der Waals surface area (Å²) in [6.07, 6.45) is 2.21. The first-order chi connectivity index (χ1) is 10.6. The minimum absolute atomic E-state index is 0.0441. The van der Waals surface area contributed by atoms with Crippen LogP contribution in [-0.2, 0) is 0 Å². The van der Waals surface area contributed by atoms with Gasteiger partial charge >= 0.3 is 6.03 Å². The molecular weight excluding hydrogens is 285 g/mol. The number of hydrogen-bond acceptors (Lipinski definition) is 3. The number of carbonyl (C=O) groups excluding carboxylic acids is 1. The number of halogens is 1. The Hall–Kier alpha value is -1.82. The summed E-state index contributed by atoms with van der Waals surface area (Å²) in [6, 6.07) is 6.49. The molecule has 5 nitrogen and oxygen atoms in total. The van der Waals surface area contributed by atoms with Crippen molar-refractivity contribution in [3.63, 3.8) is 0 Å². The molecule has 2 rings (SSSR count). The Morgan fingerprint density at radius 1 is 1.45 bits per heavy atom. The fourth-order valence-electron chi connectivity index (χ4n) is 2.67. The van der Waals surface area contributed by atoms with E-state index in [1.54, 1.807) is 6.07 Å². The lowest BCUT2D eigenvalue weighted by molar-refractivity contribution is 0.225. The molecule has 1 fully saturated rings. The Kier molecular flexibility index (Phi) is 6.00. The van der Waals surface area contributed by atoms with Crippen molar-refractivity contribution in [2.75, 3.05) is 24.6 Å². The van der Waals surface area contributed by atoms with Gasteiger partial charge in [0, 0.05) is 37.5 Å². The Morgan fingerprint density at radius 2 is 2.18 bits per heavy atom. The second-order valence-corrected chi connectivity index (χ2v) is 5.77. The van der Waals surface area contributed by atoms with E-state index in [0.29, 0.717) is 6.42 Å². The van der Waals surface area contributed by atoms with Crippen LogP contribution in [0.4, 0.5) is 14.9 Å². The lowest BCUT2D eigenvalue weighted by Crippen LogP contribution is -2.49. The van der Waals surface area contributed by atoms with Crippen LogP contribution in [0, 0.1) is 5.82 Å². The molecule has 0 radical (unpaired) electrons. The zero-order chi connectivity index (χ0) is 15.9. The topological polar surface area (TPSA) is 64.6 Å². The van der Waals surface area contributed by atoms with Gasteiger partial charge in [-0.3, -0.25) is 0 Å². The first kappa shape index (κ1) is 16.5. The minimum atomic E-state index is -0.227. The number of hydrogen-bond donors (Lipinski definition) is 3. The van der Waals surface area contributed by atoms with Gasteiger partial charge < -0.3 is 20.6 Å². The molecular formula is C16H24FN3O2. The fourth-order valence-corrected chi connectivity index (χ4v) is 2.67. The summed E-state index contributed by atoms with van der Waals surface area (Å²) in [5, 5.41) is 14.6. The highest BCUT2D eigenvalue weighted by atomic mass is 19.1. The molecule has 22 heavy (non-hydrogen) atoms. The van der Waals surface area contributed by atoms with Crippen LogP contribution in [0.2, 0.25) is 0 Å². The minimum Gasteiger partial charge on any atom is -0.396 e. The van der Waals surface area contributed by atoms with Gasteiger partial charge in [-0.1, -0.05) is 6.07 Å². The van der Waals surface area contributed by atoms with Crippen molar-refractivity contribution >= 4 is 11.7 Å². The molecule has 0 aromatic heterocycles. The van der Waals surface area contributed by atoms with Crippen molar-refractivity contribution in [3.05, 3.63) is 30.1 Å². The van der Waals surface area contributed by atoms with Crippen LogP contribution < -0.4 is 15.5 Å². The van der Waals surface area contributed by atoms with Gasteiger partial charge in [0.25, 0.3) is 0 Å². The number of rotatable bonds is 5. The summed E-state index contributed by atoms with van der Waals surface area (Å²) in [6.45, 7) is 3.51. The van der Waals surface area contributed by atoms with Gasteiger partial charge in [0.2, 0.25) is 0 Å². The first-order valence-corrected chi connectivity index (χ1v) is 7.77. The predicted octanol–water partition coefficient (Wildman–Crippen LogP) is 1.86. The van der Waals surface area contributed by atoms with Crippen LogP contribution in [0.25, 0.3) is 0 Å². The molecule has 1 saturated heterocycles. The van der Waals surface area contributed by atoms with E-state index < -0.39 is 0 Å². The summed E-state index contributed by atoms with van der Waals surface area (Å²) in [4.78, 5) is 14.0. The Morgan fingerprint density at radius 3 is 2.82 bits per heavy atom. The third-order valence-electron chi connectivity index (χ3n) is 3.94. The Bertz CT molecular complexity index is 490. The van der Waals surface area contributed by atoms with Crippen LogP contribution in [0.15, 0.2) is 24.3 Å². The summed E-state index contributed by atoms with van der Waals surface area (Å²) in [5.74, 6) is -0.227. The molecule has 2 amide bonds. The zero-order valence-corrected chi connectivity index (χ0v) is 12.9. The number of piperidine rings is 1. The van der Waals surface area contributed by atoms with Crippen molar-refractivity contribution in [1.82, 2.24) is 10.6 Å². The second kappa shape index (κ2) is 7.98. The van der Waals surface area contributed by atoms with Crippen LogP contribution in [-0.4, -0.2) is 42.9 Å². The van der Waals surface area contributed by atoms with Crippen molar-refractivity contribution in [1.29, 1.82) is 0 Å². The van der Waals surface area contributed by atoms with E-state index in [4.69, 9.17) is 5.11 Å². The number of benzene rings is 1. The molecule has 0 bridgehead atoms. The van der Waals surface area contributed by atoms with Crippen LogP contribution >= 0.6 is 0 Å². The summed E-state index contributed by atoms with van der Waals surface area (Å²) >= 11 is 0. The molecule has 0 spiro atoms. The Balaban J connectivity index is 1.76. The van der Waals surface area contributed by atoms with Gasteiger partial charge in [-0.25, -0.2) is 9.18 Å². The molecule has 3 N–H and O–H groups in total. The predicted molar refractivity (Wildman–Crippen MR) is 84.5 cm³/mol. The largest absolute Gasteiger partial charge is 0.396 e. The molecule has 1 aliphatic heterocycles. The highest BCUT2D eigenvalue weighted by Crippen LogP contribution is 2.20. The highest BCUT2D eigenvalue weighted by Gasteiger charge is 2.21. The maximum atomic E-state index is 13.2. The highest BCUT2D eigenvalue weighted by molar-refractivity contribution is 5.74. The molecule has 1 heterocycles. The molecule has 122 valence electrons. The molecule has 1 atom stereocenters. The number of amides is 2. The quantitative estimate of drug-likeness (QED) is 0.778. The number of aliphatic hydroxyl groups excluding tert-OH is 1. The maximum Gasteiger partial charge on any atom is 0.315 e. The zero-order valence-electron chi connectivity index (χ0n) is 12.9. The molecule has 0 saturated carbocycles. The smallest absolute Gasteiger partial charge is 0.315 e. The Labute approximate surface area is 130 Å². The number of carbonyl (C=O) groups is 1. The average molecular weight is 309 g/mol. The van der Waals surface area contributed by atoms with Gasteiger partial charge in [0.1, 0.15) is 5.82 Å². The van der Waals surface area contributed by atoms with Crippen LogP contribution in [0.1, 0.15) is 26.2 Å². The van der Waals surface area contributed by atoms with E-state index in [-0.39, 0.29) is 30.5 Å². The van der Waals surface area contributed by atoms with E-state index >= 15 is 0 Å². The average Bonchev–Trinajstić information content (AvgIpc) is 2.48. The summed E-state index contributed by atoms with van der Waals surface area (Å²) in [7, 11) is 0. The van der Waals surface area contributed by atoms with E-state index in [9.17, 15) is 9.18 Å². The number of nitrogens with one attached hydrogen (secondary N) is 2. The SMILES string of the molecule is C[C@H](CCO)NC(=O)NC1CCN(c2cccc(F)c2)CC1. The van der Waals surface area contributed by atoms with Gasteiger partial charge in [-0.15, -0.1) is 0 Å². The first-order valence-electron chi connectivity index (χ1n) is 7.77. The lowest BCUT2D eigenvalue weighted by Gasteiger charge is -2.34. The molecule has 1 aliphatic rings. The summed E-state index contributed by atoms with van der Waals surface area (Å²) < 4.78 is 13.2. The standard InChI is InChI=1S/C16H24FN3O2/c1-12(7-10-21)18-16(22)19-14-5-8-20(9-6-14)15-4-2-3-13(17)11-15/h2-4,11-12,14,21H,5-10H2,1H3,(H2,18,19,22)/t12-/m1/s1. The van der Waals surface area contributed by atoms with Crippen LogP contribution in [0.5, 0.6) is 0 Å². The summed E-state index contributed by atoms with van der Waals surface area (Å²) in [5.41, 5.74) is 0.888. The van der Waals surface area contributed by atoms with Crippen molar-refractivity contribution in [3.8, 4) is 0 Å². The van der Waals surface area contributed by atoms with Gasteiger partial charge in [0.15, 0.2) is 0 Å². The van der Waals surface area contributed by atoms with Crippen molar-refractivity contribution < 1.29 is 14.3 Å². The molecule has 1 aromatic rings. The van der Waals surface area contributed by atoms with Crippen LogP contribution in [0.3, 0.4) is 0 Å². The maximum absolute atomic E-state index is 13.2. The third-order valence-corrected chi connectivity index (χ3v) is 3.94. The van der Waals surface area contributed by atoms with E-state index in [2.05, 4.69) is 15.5 Å². The monoisotopic (exact) mass is 309 g/mol. The van der Waals surface area contributed by atoms with E-state index in [1.165, 1.54) is 12.1 Å². The number of nitrogens with zero attached hydrogens (tertiary/aromatic N) is 1. The normalized spacial score (nSPS) is 17.1. The molecule has 1 aromatic carbocycles. The van der Waals surface area contributed by atoms with E-state index in [1.807, 2.05) is 13.0 Å². The van der Waals surface area contributed by atoms with Crippen molar-refractivity contribution in [2.24, 2.45) is 0 Å². The van der Waals surface area contributed by atoms with Gasteiger partial charge in [-0.2, -0.15) is 0 Å². The number of anilines is 1. The lowest BCUT2D eigenvalue weighted by atomic mass is 10.0. The third kappa shape index (κ3) is 4.87. The van der Waals surface area contributed by atoms with Gasteiger partial charge in [-0.05, 0) is 44.4 Å². The molecule has 6 heteroatoms. The molecule has 0 unspecified atom stereocenters. The number of urea groups is 1. The van der Waals surface area contributed by atoms with Gasteiger partial charge in [0.05, 0.1) is 0 Å².